The fourth-order valence-electron chi connectivity index (χ4n) is 9.36. The van der Waals surface area contributed by atoms with Crippen molar-refractivity contribution in [1.82, 2.24) is 0 Å². The van der Waals surface area contributed by atoms with Crippen molar-refractivity contribution in [3.8, 4) is 0 Å². The Morgan fingerprint density at radius 2 is 0.371 bits per heavy atom. The smallest absolute Gasteiger partial charge is 0.789 e. The summed E-state index contributed by atoms with van der Waals surface area (Å²) in [5.74, 6) is 1.66. The number of rotatable bonds is 60. The molecule has 0 rings (SSSR count). The first-order valence-electron chi connectivity index (χ1n) is 34.6. The van der Waals surface area contributed by atoms with E-state index >= 15 is 0 Å². The molecule has 0 atom stereocenters. The summed E-state index contributed by atoms with van der Waals surface area (Å²) in [7, 11) is 0. The van der Waals surface area contributed by atoms with Crippen molar-refractivity contribution < 1.29 is 38.1 Å². The summed E-state index contributed by atoms with van der Waals surface area (Å²) in [5, 5.41) is 0. The Bertz CT molecular complexity index is 1230. The Kier molecular flexibility index (Phi) is 126. The van der Waals surface area contributed by atoms with Crippen LogP contribution in [-0.4, -0.2) is 121 Å². The maximum atomic E-state index is 11.2. The maximum absolute atomic E-state index is 11.2. The molecule has 0 aliphatic rings. The number of unbranched alkanes of at least 4 members (excludes halogenated alkanes) is 40. The molecule has 0 bridgehead atoms. The van der Waals surface area contributed by atoms with E-state index in [-0.39, 0.29) is 100 Å². The topological polar surface area (TPSA) is 105 Å². The minimum atomic E-state index is -0.0854. The summed E-state index contributed by atoms with van der Waals surface area (Å²) >= 11 is 18.9. The van der Waals surface area contributed by atoms with E-state index in [1.165, 1.54) is 231 Å². The molecule has 0 aliphatic heterocycles. The zero-order chi connectivity index (χ0) is 62.4. The van der Waals surface area contributed by atoms with Gasteiger partial charge in [0, 0.05) is 25.7 Å². The van der Waals surface area contributed by atoms with Gasteiger partial charge >= 0.3 is 71.7 Å². The summed E-state index contributed by atoms with van der Waals surface area (Å²) in [6.07, 6.45) is 76.1. The first-order chi connectivity index (χ1) is 41.2. The van der Waals surface area contributed by atoms with Gasteiger partial charge in [-0.2, -0.15) is 13.5 Å². The number of esters is 4. The van der Waals surface area contributed by atoms with Crippen LogP contribution < -0.4 is 0 Å². The summed E-state index contributed by atoms with van der Waals surface area (Å²) in [6, 6.07) is 0. The van der Waals surface area contributed by atoms with E-state index in [9.17, 15) is 19.2 Å². The number of carbonyl (C=O) groups is 4. The molecule has 0 aromatic carbocycles. The summed E-state index contributed by atoms with van der Waals surface area (Å²) < 4.78 is 19.8. The first-order valence-corrected chi connectivity index (χ1v) is 36.9. The average molecular weight is 1560 g/mol. The third kappa shape index (κ3) is 113. The average Bonchev–Trinajstić information content (AvgIpc) is 3.50. The third-order valence-corrected chi connectivity index (χ3v) is 15.0. The van der Waals surface area contributed by atoms with Crippen molar-refractivity contribution >= 4 is 136 Å². The molecule has 89 heavy (non-hydrogen) atoms. The zero-order valence-corrected chi connectivity index (χ0v) is 66.6. The second-order valence-corrected chi connectivity index (χ2v) is 23.9. The zero-order valence-electron chi connectivity index (χ0n) is 56.6. The molecule has 0 unspecified atom stereocenters. The molecule has 0 aliphatic carbocycles. The minimum absolute atomic E-state index is 0. The predicted molar refractivity (Wildman–Crippen MR) is 409 cm³/mol. The van der Waals surface area contributed by atoms with Gasteiger partial charge in [-0.05, 0) is 105 Å². The molecular formula is C74H142O8S5Sn2. The molecule has 0 aromatic heterocycles. The van der Waals surface area contributed by atoms with Crippen molar-refractivity contribution in [3.63, 3.8) is 0 Å². The van der Waals surface area contributed by atoms with Crippen LogP contribution in [0.25, 0.3) is 0 Å². The number of hydrogen-bond donors (Lipinski definition) is 0. The Balaban J connectivity index is -0.000000134. The fraction of sp³-hybridized carbons (Fsp3) is 0.838. The van der Waals surface area contributed by atoms with Gasteiger partial charge in [0.1, 0.15) is 0 Å². The maximum Gasteiger partial charge on any atom is 2.00 e. The molecule has 0 saturated carbocycles. The Morgan fingerprint density at radius 1 is 0.247 bits per heavy atom. The van der Waals surface area contributed by atoms with Gasteiger partial charge in [-0.25, -0.2) is 0 Å². The fourth-order valence-corrected chi connectivity index (χ4v) is 9.69. The molecule has 0 amide bonds. The van der Waals surface area contributed by atoms with E-state index in [0.29, 0.717) is 75.1 Å². The van der Waals surface area contributed by atoms with Crippen molar-refractivity contribution in [2.45, 2.75) is 351 Å². The molecule has 0 aromatic rings. The molecule has 0 fully saturated rings. The summed E-state index contributed by atoms with van der Waals surface area (Å²) in [4.78, 5) is 44.9. The standard InChI is InChI=1S/4C18H34O2S.2CH4.H2S.2Sn/c4*1-2-3-4-5-6-7-8-9-10-11-12-13-14-15-18(19)20-16-17-21;;;;;/h4*2-3,21H,4-17H2,1H3;2*1H4;1H2;;/q;;;;;;;2*+2/p-4/b4*3-2+;;;;;. The van der Waals surface area contributed by atoms with Crippen LogP contribution in [0, 0.1) is 0 Å². The van der Waals surface area contributed by atoms with Gasteiger partial charge in [-0.1, -0.05) is 269 Å². The van der Waals surface area contributed by atoms with E-state index in [0.717, 1.165) is 51.4 Å². The van der Waals surface area contributed by atoms with Gasteiger partial charge in [-0.15, -0.1) is 23.0 Å². The molecule has 0 spiro atoms. The molecule has 524 valence electrons. The van der Waals surface area contributed by atoms with Crippen LogP contribution in [-0.2, 0) is 88.6 Å². The van der Waals surface area contributed by atoms with E-state index in [2.05, 4.69) is 76.3 Å². The summed E-state index contributed by atoms with van der Waals surface area (Å²) in [5.41, 5.74) is 0. The van der Waals surface area contributed by atoms with Crippen LogP contribution in [0.2, 0.25) is 0 Å². The Morgan fingerprint density at radius 3 is 0.494 bits per heavy atom. The van der Waals surface area contributed by atoms with Crippen LogP contribution in [0.5, 0.6) is 0 Å². The van der Waals surface area contributed by atoms with Crippen LogP contribution in [0.4, 0.5) is 0 Å². The number of allylic oxidation sites excluding steroid dienone is 8. The quantitative estimate of drug-likeness (QED) is 0.0145. The van der Waals surface area contributed by atoms with Gasteiger partial charge in [0.05, 0.1) is 26.4 Å². The van der Waals surface area contributed by atoms with E-state index < -0.39 is 0 Å². The van der Waals surface area contributed by atoms with Gasteiger partial charge in [0.15, 0.2) is 0 Å². The second kappa shape index (κ2) is 104. The van der Waals surface area contributed by atoms with Gasteiger partial charge in [0.2, 0.25) is 0 Å². The van der Waals surface area contributed by atoms with Crippen LogP contribution in [0.15, 0.2) is 48.6 Å². The first kappa shape index (κ1) is 108. The van der Waals surface area contributed by atoms with Gasteiger partial charge in [-0.3, -0.25) is 19.2 Å². The van der Waals surface area contributed by atoms with Crippen LogP contribution >= 0.6 is 13.5 Å². The van der Waals surface area contributed by atoms with Crippen molar-refractivity contribution in [2.24, 2.45) is 0 Å². The van der Waals surface area contributed by atoms with Gasteiger partial charge in [0.25, 0.3) is 0 Å². The SMILES string of the molecule is C.C.C/C=C/CCCCCCCCCCCCC(=O)OCC[S-].C/C=C/CCCCCCCCCCCCC(=O)OCC[S-].C/C=C/CCCCCCCCCCCCC(=O)OCC[S-].C/C=C/CCCCCCCCCCCCC(=O)OCC[S-].S.[Sn+2].[Sn+2]. The van der Waals surface area contributed by atoms with Gasteiger partial charge < -0.3 is 69.5 Å². The van der Waals surface area contributed by atoms with Crippen LogP contribution in [0.3, 0.4) is 0 Å². The molecular weight excluding hydrogens is 1410 g/mol. The normalized spacial score (nSPS) is 10.5. The second-order valence-electron chi connectivity index (χ2n) is 22.3. The number of hydrogen-bond acceptors (Lipinski definition) is 12. The Labute approximate surface area is 617 Å². The number of ether oxygens (including phenoxy) is 4. The van der Waals surface area contributed by atoms with Crippen molar-refractivity contribution in [1.29, 1.82) is 0 Å². The largest absolute Gasteiger partial charge is 2.00 e. The predicted octanol–water partition coefficient (Wildman–Crippen LogP) is 22.0. The monoisotopic (exact) mass is 1560 g/mol. The molecule has 0 saturated heterocycles. The molecule has 15 heteroatoms. The van der Waals surface area contributed by atoms with E-state index in [1.807, 2.05) is 0 Å². The molecule has 0 N–H and O–H groups in total. The number of carbonyl (C=O) groups excluding carboxylic acids is 4. The van der Waals surface area contributed by atoms with E-state index in [4.69, 9.17) is 69.5 Å². The molecule has 4 radical (unpaired) electrons. The Hall–Kier alpha value is 0.187. The summed E-state index contributed by atoms with van der Waals surface area (Å²) in [6.45, 7) is 9.92. The molecule has 0 heterocycles. The van der Waals surface area contributed by atoms with E-state index in [1.54, 1.807) is 0 Å². The van der Waals surface area contributed by atoms with Crippen molar-refractivity contribution in [3.05, 3.63) is 48.6 Å². The van der Waals surface area contributed by atoms with Crippen LogP contribution in [0.1, 0.15) is 351 Å². The van der Waals surface area contributed by atoms with Crippen molar-refractivity contribution in [2.75, 3.05) is 49.4 Å². The molecule has 8 nitrogen and oxygen atoms in total. The minimum Gasteiger partial charge on any atom is -0.789 e. The third-order valence-electron chi connectivity index (χ3n) is 14.3.